The zero-order chi connectivity index (χ0) is 39.4. The molecule has 0 aromatic rings. The summed E-state index contributed by atoms with van der Waals surface area (Å²) in [5.74, 6) is -5.09. The maximum Gasteiger partial charge on any atom is 0.341 e. The van der Waals surface area contributed by atoms with Crippen LogP contribution in [0.2, 0.25) is 0 Å². The Hall–Kier alpha value is -2.44. The molecule has 0 saturated carbocycles. The minimum absolute atomic E-state index is 0.0242. The number of Topliss-reactive ketones (excluding diaryl/α,β-unsaturated/α-hetero) is 1. The molecule has 0 radical (unpaired) electrons. The largest absolute Gasteiger partial charge is 0.469 e. The molecule has 0 aliphatic heterocycles. The van der Waals surface area contributed by atoms with Gasteiger partial charge in [0.1, 0.15) is 5.57 Å². The van der Waals surface area contributed by atoms with E-state index in [1.165, 1.54) is 163 Å². The molecule has 2 aliphatic carbocycles. The Bertz CT molecular complexity index is 1140. The maximum absolute atomic E-state index is 14.0. The number of hydrogen-bond acceptors (Lipinski definition) is 7. The smallest absolute Gasteiger partial charge is 0.341 e. The topological polar surface area (TPSA) is 96.0 Å². The maximum atomic E-state index is 14.0. The van der Waals surface area contributed by atoms with E-state index in [9.17, 15) is 19.2 Å². The van der Waals surface area contributed by atoms with E-state index in [0.29, 0.717) is 18.4 Å². The molecule has 0 heterocycles. The van der Waals surface area contributed by atoms with Crippen molar-refractivity contribution in [2.24, 2.45) is 23.7 Å². The lowest BCUT2D eigenvalue weighted by Crippen LogP contribution is -2.43. The van der Waals surface area contributed by atoms with E-state index < -0.39 is 47.4 Å². The Morgan fingerprint density at radius 3 is 1.22 bits per heavy atom. The zero-order valence-corrected chi connectivity index (χ0v) is 35.5. The molecule has 0 aromatic carbocycles. The van der Waals surface area contributed by atoms with Crippen molar-refractivity contribution in [1.82, 2.24) is 0 Å². The van der Waals surface area contributed by atoms with Gasteiger partial charge < -0.3 is 14.2 Å². The first kappa shape index (κ1) is 47.7. The lowest BCUT2D eigenvalue weighted by molar-refractivity contribution is -0.153. The van der Waals surface area contributed by atoms with Gasteiger partial charge in [-0.2, -0.15) is 0 Å². The second-order valence-electron chi connectivity index (χ2n) is 16.3. The van der Waals surface area contributed by atoms with E-state index in [1.807, 2.05) is 0 Å². The van der Waals surface area contributed by atoms with Gasteiger partial charge in [-0.25, -0.2) is 4.79 Å². The van der Waals surface area contributed by atoms with Crippen LogP contribution in [0.3, 0.4) is 0 Å². The zero-order valence-electron chi connectivity index (χ0n) is 35.5. The van der Waals surface area contributed by atoms with E-state index in [0.717, 1.165) is 44.1 Å². The summed E-state index contributed by atoms with van der Waals surface area (Å²) >= 11 is 0. The van der Waals surface area contributed by atoms with Crippen molar-refractivity contribution in [3.8, 4) is 0 Å². The first-order chi connectivity index (χ1) is 26.4. The summed E-state index contributed by atoms with van der Waals surface area (Å²) in [4.78, 5) is 54.0. The predicted octanol–water partition coefficient (Wildman–Crippen LogP) is 12.5. The number of carbonyl (C=O) groups excluding carboxylic acids is 4. The molecule has 0 fully saturated rings. The van der Waals surface area contributed by atoms with Crippen molar-refractivity contribution in [2.75, 3.05) is 21.3 Å². The van der Waals surface area contributed by atoms with Crippen molar-refractivity contribution in [1.29, 1.82) is 0 Å². The van der Waals surface area contributed by atoms with Gasteiger partial charge in [-0.15, -0.1) is 0 Å². The van der Waals surface area contributed by atoms with Crippen LogP contribution in [0.1, 0.15) is 206 Å². The highest BCUT2D eigenvalue weighted by Gasteiger charge is 2.57. The Labute approximate surface area is 330 Å². The minimum atomic E-state index is -0.877. The Balaban J connectivity index is 1.97. The number of allylic oxidation sites excluding steroid dienone is 1. The summed E-state index contributed by atoms with van der Waals surface area (Å²) < 4.78 is 15.7. The van der Waals surface area contributed by atoms with Gasteiger partial charge in [0.25, 0.3) is 0 Å². The molecular weight excluding hydrogens is 677 g/mol. The lowest BCUT2D eigenvalue weighted by atomic mass is 9.65. The summed E-state index contributed by atoms with van der Waals surface area (Å²) in [7, 11) is 3.99. The average molecular weight is 757 g/mol. The monoisotopic (exact) mass is 757 g/mol. The third-order valence-corrected chi connectivity index (χ3v) is 12.1. The third kappa shape index (κ3) is 16.7. The van der Waals surface area contributed by atoms with Crippen LogP contribution in [0, 0.1) is 23.7 Å². The molecule has 4 unspecified atom stereocenters. The summed E-state index contributed by atoms with van der Waals surface area (Å²) in [5.41, 5.74) is 1.51. The quantitative estimate of drug-likeness (QED) is 0.0216. The molecule has 7 heteroatoms. The van der Waals surface area contributed by atoms with E-state index in [2.05, 4.69) is 13.8 Å². The fourth-order valence-electron chi connectivity index (χ4n) is 9.01. The number of esters is 3. The van der Waals surface area contributed by atoms with Gasteiger partial charge in [-0.05, 0) is 31.3 Å². The molecule has 0 spiro atoms. The fourth-order valence-corrected chi connectivity index (χ4v) is 9.01. The summed E-state index contributed by atoms with van der Waals surface area (Å²) in [6.07, 6.45) is 37.9. The Morgan fingerprint density at radius 1 is 0.481 bits per heavy atom. The van der Waals surface area contributed by atoms with Crippen LogP contribution in [-0.4, -0.2) is 45.0 Å². The molecule has 2 aliphatic rings. The van der Waals surface area contributed by atoms with Gasteiger partial charge >= 0.3 is 17.9 Å². The molecule has 7 nitrogen and oxygen atoms in total. The van der Waals surface area contributed by atoms with Crippen LogP contribution in [-0.2, 0) is 33.4 Å². The third-order valence-electron chi connectivity index (χ3n) is 12.1. The van der Waals surface area contributed by atoms with Gasteiger partial charge in [0.05, 0.1) is 33.2 Å². The highest BCUT2D eigenvalue weighted by Crippen LogP contribution is 2.52. The summed E-state index contributed by atoms with van der Waals surface area (Å²) in [5, 5.41) is 0. The first-order valence-electron chi connectivity index (χ1n) is 22.6. The molecule has 0 aromatic heterocycles. The van der Waals surface area contributed by atoms with Crippen LogP contribution >= 0.6 is 0 Å². The number of ketones is 1. The normalized spacial score (nSPS) is 19.5. The molecule has 2 rings (SSSR count). The standard InChI is InChI=1S/C47H80O7/c1-6-8-10-12-14-16-18-20-22-24-26-28-30-32-34-37-36-39(45(49)52-3)42-41(40(37)46(50)53-4)38(43(44(42)48)47(51)54-5)35-33-31-29-27-25-23-21-19-17-15-13-11-9-7-2/h36,39-42H,6-35H2,1-5H3. The van der Waals surface area contributed by atoms with E-state index in [1.54, 1.807) is 6.08 Å². The van der Waals surface area contributed by atoms with Crippen molar-refractivity contribution >= 4 is 23.7 Å². The number of ether oxygens (including phenoxy) is 3. The number of carbonyl (C=O) groups is 4. The molecule has 4 atom stereocenters. The second kappa shape index (κ2) is 29.8. The van der Waals surface area contributed by atoms with Crippen molar-refractivity contribution < 1.29 is 33.4 Å². The molecule has 0 N–H and O–H groups in total. The fraction of sp³-hybridized carbons (Fsp3) is 0.830. The van der Waals surface area contributed by atoms with Crippen LogP contribution in [0.5, 0.6) is 0 Å². The number of hydrogen-bond donors (Lipinski definition) is 0. The van der Waals surface area contributed by atoms with E-state index in [-0.39, 0.29) is 5.57 Å². The summed E-state index contributed by atoms with van der Waals surface area (Å²) in [6.45, 7) is 4.52. The number of fused-ring (bicyclic) bond motifs is 1. The first-order valence-corrected chi connectivity index (χ1v) is 22.6. The highest BCUT2D eigenvalue weighted by molar-refractivity contribution is 6.22. The van der Waals surface area contributed by atoms with Crippen molar-refractivity contribution in [3.05, 3.63) is 22.8 Å². The molecule has 54 heavy (non-hydrogen) atoms. The minimum Gasteiger partial charge on any atom is -0.469 e. The summed E-state index contributed by atoms with van der Waals surface area (Å²) in [6, 6.07) is 0. The molecule has 0 saturated heterocycles. The van der Waals surface area contributed by atoms with Crippen molar-refractivity contribution in [3.63, 3.8) is 0 Å². The molecule has 310 valence electrons. The van der Waals surface area contributed by atoms with E-state index in [4.69, 9.17) is 14.2 Å². The van der Waals surface area contributed by atoms with Gasteiger partial charge in [0, 0.05) is 11.8 Å². The van der Waals surface area contributed by atoms with Gasteiger partial charge in [-0.1, -0.05) is 192 Å². The van der Waals surface area contributed by atoms with Gasteiger partial charge in [0.2, 0.25) is 0 Å². The van der Waals surface area contributed by atoms with Gasteiger partial charge in [0.15, 0.2) is 5.78 Å². The van der Waals surface area contributed by atoms with Crippen LogP contribution in [0.25, 0.3) is 0 Å². The van der Waals surface area contributed by atoms with Crippen molar-refractivity contribution in [2.45, 2.75) is 206 Å². The van der Waals surface area contributed by atoms with Crippen LogP contribution in [0.15, 0.2) is 22.8 Å². The van der Waals surface area contributed by atoms with Crippen LogP contribution in [0.4, 0.5) is 0 Å². The van der Waals surface area contributed by atoms with Gasteiger partial charge in [-0.3, -0.25) is 14.4 Å². The number of rotatable bonds is 33. The molecule has 0 bridgehead atoms. The highest BCUT2D eigenvalue weighted by atomic mass is 16.5. The molecule has 0 amide bonds. The second-order valence-corrected chi connectivity index (χ2v) is 16.3. The lowest BCUT2D eigenvalue weighted by Gasteiger charge is -2.37. The Kier molecular flexibility index (Phi) is 26.3. The molecular formula is C47H80O7. The van der Waals surface area contributed by atoms with Crippen LogP contribution < -0.4 is 0 Å². The van der Waals surface area contributed by atoms with E-state index >= 15 is 0 Å². The predicted molar refractivity (Wildman–Crippen MR) is 220 cm³/mol. The Morgan fingerprint density at radius 2 is 0.852 bits per heavy atom. The SMILES string of the molecule is CCCCCCCCCCCCCCCCC1=CC(C(=O)OC)C2C(=O)C(C(=O)OC)=C(CCCCCCCCCCCCCCCC)C2C1C(=O)OC. The number of unbranched alkanes of at least 4 members (excludes halogenated alkanes) is 26. The average Bonchev–Trinajstić information content (AvgIpc) is 3.47. The number of methoxy groups -OCH3 is 3.